The molecule has 118 valence electrons. The molecule has 1 unspecified atom stereocenters. The van der Waals surface area contributed by atoms with Crippen molar-refractivity contribution in [2.45, 2.75) is 19.3 Å². The average molecular weight is 325 g/mol. The van der Waals surface area contributed by atoms with Gasteiger partial charge in [0.05, 0.1) is 5.92 Å². The molecule has 3 N–H and O–H groups in total. The number of carbonyl (C=O) groups excluding carboxylic acids is 1. The van der Waals surface area contributed by atoms with Crippen LogP contribution >= 0.6 is 11.3 Å². The van der Waals surface area contributed by atoms with Crippen LogP contribution in [0.25, 0.3) is 10.8 Å². The molecule has 2 aromatic heterocycles. The number of nitrogens with zero attached hydrogens (tertiary/aromatic N) is 1. The number of anilines is 1. The van der Waals surface area contributed by atoms with Crippen LogP contribution in [0.5, 0.6) is 0 Å². The highest BCUT2D eigenvalue weighted by atomic mass is 32.1. The van der Waals surface area contributed by atoms with E-state index in [0.717, 1.165) is 27.8 Å². The van der Waals surface area contributed by atoms with E-state index in [4.69, 9.17) is 5.73 Å². The lowest BCUT2D eigenvalue weighted by Gasteiger charge is -2.14. The van der Waals surface area contributed by atoms with Gasteiger partial charge in [0.25, 0.3) is 0 Å². The first-order chi connectivity index (χ1) is 11.2. The number of aryl methyl sites for hydroxylation is 1. The highest BCUT2D eigenvalue weighted by Gasteiger charge is 2.21. The van der Waals surface area contributed by atoms with Gasteiger partial charge in [0.2, 0.25) is 5.91 Å². The minimum atomic E-state index is -0.312. The van der Waals surface area contributed by atoms with Crippen LogP contribution in [0.15, 0.2) is 48.8 Å². The number of nitrogens with one attached hydrogen (secondary N) is 1. The Morgan fingerprint density at radius 1 is 1.26 bits per heavy atom. The van der Waals surface area contributed by atoms with Gasteiger partial charge in [0, 0.05) is 39.8 Å². The van der Waals surface area contributed by atoms with E-state index in [1.807, 2.05) is 36.5 Å². The summed E-state index contributed by atoms with van der Waals surface area (Å²) >= 11 is 1.66. The average Bonchev–Trinajstić information content (AvgIpc) is 3.04. The van der Waals surface area contributed by atoms with E-state index in [-0.39, 0.29) is 11.8 Å². The van der Waals surface area contributed by atoms with Gasteiger partial charge in [-0.3, -0.25) is 9.78 Å². The molecule has 1 amide bonds. The predicted molar refractivity (Wildman–Crippen MR) is 95.9 cm³/mol. The molecule has 23 heavy (non-hydrogen) atoms. The number of amides is 1. The van der Waals surface area contributed by atoms with Crippen LogP contribution in [0, 0.1) is 0 Å². The Morgan fingerprint density at radius 2 is 2.13 bits per heavy atom. The van der Waals surface area contributed by atoms with Gasteiger partial charge in [-0.15, -0.1) is 11.3 Å². The number of hydrogen-bond acceptors (Lipinski definition) is 4. The first kappa shape index (κ1) is 15.6. The molecule has 0 saturated carbocycles. The van der Waals surface area contributed by atoms with Crippen molar-refractivity contribution in [3.05, 3.63) is 58.5 Å². The summed E-state index contributed by atoms with van der Waals surface area (Å²) in [7, 11) is 0. The summed E-state index contributed by atoms with van der Waals surface area (Å²) in [6.45, 7) is 2.41. The van der Waals surface area contributed by atoms with Crippen molar-refractivity contribution in [3.63, 3.8) is 0 Å². The minimum absolute atomic E-state index is 0.0644. The SMILES string of the molecule is CCc1ccc(C(CN)C(=O)Nc2ccc3cnccc3c2)s1. The number of nitrogens with two attached hydrogens (primary N) is 1. The second-order valence-corrected chi connectivity index (χ2v) is 6.57. The monoisotopic (exact) mass is 325 g/mol. The first-order valence-electron chi connectivity index (χ1n) is 7.64. The molecule has 0 aliphatic carbocycles. The van der Waals surface area contributed by atoms with Gasteiger partial charge in [0.1, 0.15) is 0 Å². The molecule has 3 rings (SSSR count). The highest BCUT2D eigenvalue weighted by molar-refractivity contribution is 7.12. The number of rotatable bonds is 5. The van der Waals surface area contributed by atoms with Crippen molar-refractivity contribution in [1.82, 2.24) is 4.98 Å². The lowest BCUT2D eigenvalue weighted by Crippen LogP contribution is -2.26. The lowest BCUT2D eigenvalue weighted by molar-refractivity contribution is -0.117. The fourth-order valence-corrected chi connectivity index (χ4v) is 3.58. The van der Waals surface area contributed by atoms with Crippen LogP contribution < -0.4 is 11.1 Å². The summed E-state index contributed by atoms with van der Waals surface area (Å²) in [6.07, 6.45) is 4.53. The largest absolute Gasteiger partial charge is 0.329 e. The molecular formula is C18H19N3OS. The number of pyridine rings is 1. The second-order valence-electron chi connectivity index (χ2n) is 5.37. The van der Waals surface area contributed by atoms with Gasteiger partial charge in [-0.2, -0.15) is 0 Å². The topological polar surface area (TPSA) is 68.0 Å². The zero-order valence-electron chi connectivity index (χ0n) is 13.0. The van der Waals surface area contributed by atoms with Crippen LogP contribution in [-0.4, -0.2) is 17.4 Å². The van der Waals surface area contributed by atoms with Crippen molar-refractivity contribution in [3.8, 4) is 0 Å². The number of fused-ring (bicyclic) bond motifs is 1. The van der Waals surface area contributed by atoms with Crippen LogP contribution in [0.1, 0.15) is 22.6 Å². The summed E-state index contributed by atoms with van der Waals surface area (Å²) in [5, 5.41) is 5.07. The van der Waals surface area contributed by atoms with Crippen LogP contribution in [0.4, 0.5) is 5.69 Å². The lowest BCUT2D eigenvalue weighted by atomic mass is 10.1. The van der Waals surface area contributed by atoms with Crippen molar-refractivity contribution < 1.29 is 4.79 Å². The zero-order valence-corrected chi connectivity index (χ0v) is 13.8. The molecule has 5 heteroatoms. The molecule has 0 bridgehead atoms. The molecule has 0 radical (unpaired) electrons. The molecule has 0 aliphatic heterocycles. The molecule has 0 saturated heterocycles. The van der Waals surface area contributed by atoms with Crippen molar-refractivity contribution >= 4 is 33.7 Å². The Labute approximate surface area is 139 Å². The van der Waals surface area contributed by atoms with Crippen molar-refractivity contribution in [2.24, 2.45) is 5.73 Å². The molecule has 0 fully saturated rings. The van der Waals surface area contributed by atoms with Crippen LogP contribution in [-0.2, 0) is 11.2 Å². The second kappa shape index (κ2) is 6.89. The van der Waals surface area contributed by atoms with Crippen LogP contribution in [0.3, 0.4) is 0 Å². The number of benzene rings is 1. The van der Waals surface area contributed by atoms with Crippen molar-refractivity contribution in [1.29, 1.82) is 0 Å². The molecule has 1 atom stereocenters. The smallest absolute Gasteiger partial charge is 0.234 e. The van der Waals surface area contributed by atoms with E-state index in [0.29, 0.717) is 6.54 Å². The maximum atomic E-state index is 12.6. The Hall–Kier alpha value is -2.24. The first-order valence-corrected chi connectivity index (χ1v) is 8.46. The number of aromatic nitrogens is 1. The Balaban J connectivity index is 1.80. The van der Waals surface area contributed by atoms with E-state index >= 15 is 0 Å². The Morgan fingerprint density at radius 3 is 2.87 bits per heavy atom. The maximum absolute atomic E-state index is 12.6. The summed E-state index contributed by atoms with van der Waals surface area (Å²) in [6, 6.07) is 11.8. The van der Waals surface area contributed by atoms with E-state index in [2.05, 4.69) is 23.3 Å². The zero-order chi connectivity index (χ0) is 16.2. The van der Waals surface area contributed by atoms with Crippen molar-refractivity contribution in [2.75, 3.05) is 11.9 Å². The quantitative estimate of drug-likeness (QED) is 0.754. The number of thiophene rings is 1. The molecular weight excluding hydrogens is 306 g/mol. The third-order valence-corrected chi connectivity index (χ3v) is 5.18. The van der Waals surface area contributed by atoms with E-state index in [1.54, 1.807) is 17.5 Å². The third kappa shape index (κ3) is 3.41. The summed E-state index contributed by atoms with van der Waals surface area (Å²) in [4.78, 5) is 19.0. The normalized spacial score (nSPS) is 12.3. The Kier molecular flexibility index (Phi) is 4.69. The van der Waals surface area contributed by atoms with E-state index < -0.39 is 0 Å². The van der Waals surface area contributed by atoms with Gasteiger partial charge < -0.3 is 11.1 Å². The highest BCUT2D eigenvalue weighted by Crippen LogP contribution is 2.26. The molecule has 0 aliphatic rings. The predicted octanol–water partition coefficient (Wildman–Crippen LogP) is 3.54. The van der Waals surface area contributed by atoms with Crippen LogP contribution in [0.2, 0.25) is 0 Å². The molecule has 0 spiro atoms. The third-order valence-electron chi connectivity index (χ3n) is 3.83. The van der Waals surface area contributed by atoms with Gasteiger partial charge >= 0.3 is 0 Å². The van der Waals surface area contributed by atoms with E-state index in [9.17, 15) is 4.79 Å². The molecule has 1 aromatic carbocycles. The molecule has 3 aromatic rings. The summed E-state index contributed by atoms with van der Waals surface area (Å²) in [5.41, 5.74) is 6.62. The fraction of sp³-hybridized carbons (Fsp3) is 0.222. The van der Waals surface area contributed by atoms with Gasteiger partial charge in [-0.1, -0.05) is 13.0 Å². The summed E-state index contributed by atoms with van der Waals surface area (Å²) < 4.78 is 0. The van der Waals surface area contributed by atoms with Gasteiger partial charge in [0.15, 0.2) is 0 Å². The maximum Gasteiger partial charge on any atom is 0.234 e. The molecule has 2 heterocycles. The van der Waals surface area contributed by atoms with Gasteiger partial charge in [-0.05, 0) is 42.1 Å². The Bertz CT molecular complexity index is 828. The summed E-state index contributed by atoms with van der Waals surface area (Å²) in [5.74, 6) is -0.376. The van der Waals surface area contributed by atoms with E-state index in [1.165, 1.54) is 4.88 Å². The minimum Gasteiger partial charge on any atom is -0.329 e. The molecule has 4 nitrogen and oxygen atoms in total. The fourth-order valence-electron chi connectivity index (χ4n) is 2.51. The van der Waals surface area contributed by atoms with Gasteiger partial charge in [-0.25, -0.2) is 0 Å². The standard InChI is InChI=1S/C18H19N3OS/c1-2-15-5-6-17(23-15)16(10-19)18(22)21-14-4-3-13-11-20-8-7-12(13)9-14/h3-9,11,16H,2,10,19H2,1H3,(H,21,22). The number of hydrogen-bond donors (Lipinski definition) is 2. The number of carbonyl (C=O) groups is 1.